The Hall–Kier alpha value is -2.33. The van der Waals surface area contributed by atoms with Gasteiger partial charge in [-0.1, -0.05) is 28.3 Å². The summed E-state index contributed by atoms with van der Waals surface area (Å²) in [5.74, 6) is 2.41. The van der Waals surface area contributed by atoms with Crippen LogP contribution in [0.2, 0.25) is 0 Å². The van der Waals surface area contributed by atoms with E-state index in [0.717, 1.165) is 15.2 Å². The third-order valence-corrected chi connectivity index (χ3v) is 4.87. The number of hydrogen-bond donors (Lipinski definition) is 2. The van der Waals surface area contributed by atoms with E-state index in [2.05, 4.69) is 26.0 Å². The molecule has 0 atom stereocenters. The molecule has 0 saturated carbocycles. The van der Waals surface area contributed by atoms with Crippen LogP contribution in [-0.2, 0) is 11.3 Å². The number of aryl methyl sites for hydroxylation is 1. The molecule has 0 aliphatic carbocycles. The van der Waals surface area contributed by atoms with Crippen molar-refractivity contribution in [3.05, 3.63) is 36.0 Å². The van der Waals surface area contributed by atoms with E-state index in [4.69, 9.17) is 8.94 Å². The van der Waals surface area contributed by atoms with Gasteiger partial charge in [0.25, 0.3) is 0 Å². The van der Waals surface area contributed by atoms with Crippen LogP contribution in [-0.4, -0.2) is 27.0 Å². The van der Waals surface area contributed by atoms with Crippen LogP contribution >= 0.6 is 23.1 Å². The minimum atomic E-state index is -0.114. The fourth-order valence-electron chi connectivity index (χ4n) is 1.78. The van der Waals surface area contributed by atoms with Crippen molar-refractivity contribution in [2.45, 2.75) is 24.2 Å². The van der Waals surface area contributed by atoms with Crippen molar-refractivity contribution in [1.82, 2.24) is 15.4 Å². The van der Waals surface area contributed by atoms with E-state index in [9.17, 15) is 4.79 Å². The summed E-state index contributed by atoms with van der Waals surface area (Å²) < 4.78 is 10.9. The summed E-state index contributed by atoms with van der Waals surface area (Å²) in [4.78, 5) is 11.8. The molecule has 126 valence electrons. The average Bonchev–Trinajstić information content (AvgIpc) is 3.28. The minimum absolute atomic E-state index is 0.114. The molecule has 2 N–H and O–H groups in total. The van der Waals surface area contributed by atoms with Crippen molar-refractivity contribution in [3.63, 3.8) is 0 Å². The second-order valence-electron chi connectivity index (χ2n) is 4.78. The van der Waals surface area contributed by atoms with Gasteiger partial charge >= 0.3 is 0 Å². The zero-order valence-corrected chi connectivity index (χ0v) is 14.4. The average molecular weight is 365 g/mol. The number of hydrogen-bond acceptors (Lipinski definition) is 9. The van der Waals surface area contributed by atoms with Gasteiger partial charge in [0.05, 0.1) is 12.8 Å². The summed E-state index contributed by atoms with van der Waals surface area (Å²) >= 11 is 2.93. The van der Waals surface area contributed by atoms with Crippen LogP contribution in [0.3, 0.4) is 0 Å². The highest BCUT2D eigenvalue weighted by molar-refractivity contribution is 8.01. The van der Waals surface area contributed by atoms with E-state index < -0.39 is 0 Å². The maximum Gasteiger partial charge on any atom is 0.226 e. The number of nitrogens with zero attached hydrogens (tertiary/aromatic N) is 3. The summed E-state index contributed by atoms with van der Waals surface area (Å²) in [6.45, 7) is 2.33. The van der Waals surface area contributed by atoms with Crippen molar-refractivity contribution in [3.8, 4) is 0 Å². The molecule has 0 unspecified atom stereocenters. The van der Waals surface area contributed by atoms with Crippen molar-refractivity contribution in [2.75, 3.05) is 16.4 Å². The number of thioether (sulfide) groups is 1. The number of carbonyl (C=O) groups excluding carboxylic acids is 1. The predicted molar refractivity (Wildman–Crippen MR) is 91.2 cm³/mol. The number of anilines is 2. The number of rotatable bonds is 8. The van der Waals surface area contributed by atoms with Gasteiger partial charge in [-0.25, -0.2) is 0 Å². The molecule has 0 aliphatic heterocycles. The van der Waals surface area contributed by atoms with Crippen LogP contribution in [0.15, 0.2) is 37.7 Å². The molecule has 0 aromatic carbocycles. The van der Waals surface area contributed by atoms with Gasteiger partial charge in [0.15, 0.2) is 10.2 Å². The second kappa shape index (κ2) is 7.97. The van der Waals surface area contributed by atoms with Gasteiger partial charge in [0, 0.05) is 18.2 Å². The van der Waals surface area contributed by atoms with Crippen molar-refractivity contribution in [1.29, 1.82) is 0 Å². The summed E-state index contributed by atoms with van der Waals surface area (Å²) in [5.41, 5.74) is 0. The van der Waals surface area contributed by atoms with E-state index in [1.165, 1.54) is 23.1 Å². The van der Waals surface area contributed by atoms with Crippen LogP contribution in [0.5, 0.6) is 0 Å². The molecule has 3 heterocycles. The van der Waals surface area contributed by atoms with E-state index in [1.54, 1.807) is 19.3 Å². The molecule has 24 heavy (non-hydrogen) atoms. The largest absolute Gasteiger partial charge is 0.467 e. The van der Waals surface area contributed by atoms with Crippen molar-refractivity contribution in [2.24, 2.45) is 0 Å². The molecule has 8 nitrogen and oxygen atoms in total. The highest BCUT2D eigenvalue weighted by Gasteiger charge is 2.09. The van der Waals surface area contributed by atoms with Crippen LogP contribution < -0.4 is 10.6 Å². The fraction of sp³-hybridized carbons (Fsp3) is 0.286. The van der Waals surface area contributed by atoms with E-state index in [1.807, 2.05) is 12.1 Å². The van der Waals surface area contributed by atoms with E-state index in [-0.39, 0.29) is 5.91 Å². The topological polar surface area (TPSA) is 106 Å². The van der Waals surface area contributed by atoms with Gasteiger partial charge in [-0.05, 0) is 19.1 Å². The molecule has 0 bridgehead atoms. The third kappa shape index (κ3) is 4.83. The molecule has 0 saturated heterocycles. The maximum absolute atomic E-state index is 11.8. The molecule has 3 aromatic heterocycles. The summed E-state index contributed by atoms with van der Waals surface area (Å²) in [5, 5.41) is 18.4. The highest BCUT2D eigenvalue weighted by atomic mass is 32.2. The van der Waals surface area contributed by atoms with E-state index in [0.29, 0.717) is 30.3 Å². The Kier molecular flexibility index (Phi) is 5.49. The number of nitrogens with one attached hydrogen (secondary N) is 2. The Bertz CT molecular complexity index is 784. The monoisotopic (exact) mass is 365 g/mol. The van der Waals surface area contributed by atoms with Gasteiger partial charge < -0.3 is 19.6 Å². The Balaban J connectivity index is 1.38. The van der Waals surface area contributed by atoms with Gasteiger partial charge in [-0.3, -0.25) is 4.79 Å². The lowest BCUT2D eigenvalue weighted by Crippen LogP contribution is -2.12. The lowest BCUT2D eigenvalue weighted by Gasteiger charge is -1.99. The Morgan fingerprint density at radius 2 is 2.33 bits per heavy atom. The molecule has 10 heteroatoms. The zero-order valence-electron chi connectivity index (χ0n) is 12.8. The molecular weight excluding hydrogens is 350 g/mol. The van der Waals surface area contributed by atoms with Crippen molar-refractivity contribution < 1.29 is 13.7 Å². The molecule has 3 aromatic rings. The van der Waals surface area contributed by atoms with Gasteiger partial charge in [-0.15, -0.1) is 10.2 Å². The number of furan rings is 1. The first-order valence-electron chi connectivity index (χ1n) is 7.15. The molecule has 0 fully saturated rings. The summed E-state index contributed by atoms with van der Waals surface area (Å²) in [6.07, 6.45) is 1.98. The molecule has 0 radical (unpaired) electrons. The van der Waals surface area contributed by atoms with Crippen LogP contribution in [0, 0.1) is 6.92 Å². The first kappa shape index (κ1) is 16.5. The van der Waals surface area contributed by atoms with Gasteiger partial charge in [0.2, 0.25) is 11.0 Å². The molecule has 0 aliphatic rings. The summed E-state index contributed by atoms with van der Waals surface area (Å²) in [7, 11) is 0. The lowest BCUT2D eigenvalue weighted by molar-refractivity contribution is -0.115. The second-order valence-corrected chi connectivity index (χ2v) is 7.10. The maximum atomic E-state index is 11.8. The Labute approximate surface area is 146 Å². The quantitative estimate of drug-likeness (QED) is 0.586. The number of carbonyl (C=O) groups is 1. The fourth-order valence-corrected chi connectivity index (χ4v) is 3.53. The SMILES string of the molecule is Cc1cc(NC(=O)CCSc2nnc(NCc3ccco3)s2)no1. The first-order valence-corrected chi connectivity index (χ1v) is 8.95. The number of aromatic nitrogens is 3. The standard InChI is InChI=1S/C14H15N5O3S2/c1-9-7-11(19-22-9)16-12(20)4-6-23-14-18-17-13(24-14)15-8-10-3-2-5-21-10/h2-3,5,7H,4,6,8H2,1H3,(H,15,17)(H,16,19,20). The minimum Gasteiger partial charge on any atom is -0.467 e. The lowest BCUT2D eigenvalue weighted by atomic mass is 10.4. The number of amides is 1. The highest BCUT2D eigenvalue weighted by Crippen LogP contribution is 2.26. The van der Waals surface area contributed by atoms with Gasteiger partial charge in [0.1, 0.15) is 11.5 Å². The van der Waals surface area contributed by atoms with Gasteiger partial charge in [-0.2, -0.15) is 0 Å². The smallest absolute Gasteiger partial charge is 0.226 e. The third-order valence-electron chi connectivity index (χ3n) is 2.85. The Morgan fingerprint density at radius 3 is 3.08 bits per heavy atom. The normalized spacial score (nSPS) is 10.7. The van der Waals surface area contributed by atoms with Crippen molar-refractivity contribution >= 4 is 40.0 Å². The zero-order chi connectivity index (χ0) is 16.8. The molecule has 3 rings (SSSR count). The Morgan fingerprint density at radius 1 is 1.42 bits per heavy atom. The van der Waals surface area contributed by atoms with Crippen LogP contribution in [0.4, 0.5) is 10.9 Å². The van der Waals surface area contributed by atoms with Crippen LogP contribution in [0.1, 0.15) is 17.9 Å². The first-order chi connectivity index (χ1) is 11.7. The molecule has 0 spiro atoms. The molecule has 1 amide bonds. The van der Waals surface area contributed by atoms with E-state index >= 15 is 0 Å². The summed E-state index contributed by atoms with van der Waals surface area (Å²) in [6, 6.07) is 5.40. The molecular formula is C14H15N5O3S2. The van der Waals surface area contributed by atoms with Crippen LogP contribution in [0.25, 0.3) is 0 Å². The predicted octanol–water partition coefficient (Wildman–Crippen LogP) is 3.16.